The summed E-state index contributed by atoms with van der Waals surface area (Å²) in [4.78, 5) is 43.0. The van der Waals surface area contributed by atoms with Crippen molar-refractivity contribution < 1.29 is 33.1 Å². The van der Waals surface area contributed by atoms with Crippen LogP contribution >= 0.6 is 0 Å². The van der Waals surface area contributed by atoms with E-state index in [9.17, 15) is 23.9 Å². The second-order valence-corrected chi connectivity index (χ2v) is 10.9. The number of carboxylic acid groups (broad SMARTS) is 1. The highest BCUT2D eigenvalue weighted by Crippen LogP contribution is 2.38. The maximum Gasteiger partial charge on any atom is 0.335 e. The minimum absolute atomic E-state index is 0.0749. The number of methoxy groups -OCH3 is 1. The van der Waals surface area contributed by atoms with Gasteiger partial charge >= 0.3 is 5.97 Å². The number of nitrogens with zero attached hydrogens (tertiary/aromatic N) is 3. The fourth-order valence-corrected chi connectivity index (χ4v) is 5.99. The van der Waals surface area contributed by atoms with Crippen molar-refractivity contribution in [3.8, 4) is 11.3 Å². The lowest BCUT2D eigenvalue weighted by atomic mass is 9.89. The lowest BCUT2D eigenvalue weighted by molar-refractivity contribution is -0.121. The first kappa shape index (κ1) is 29.1. The van der Waals surface area contributed by atoms with Gasteiger partial charge in [-0.2, -0.15) is 0 Å². The van der Waals surface area contributed by atoms with Crippen LogP contribution in [0.2, 0.25) is 0 Å². The van der Waals surface area contributed by atoms with Gasteiger partial charge in [0.1, 0.15) is 17.6 Å². The number of ether oxygens (including phenoxy) is 1. The van der Waals surface area contributed by atoms with Gasteiger partial charge in [0.15, 0.2) is 0 Å². The second kappa shape index (κ2) is 12.3. The summed E-state index contributed by atoms with van der Waals surface area (Å²) in [7, 11) is 1.73. The molecule has 0 radical (unpaired) electrons. The van der Waals surface area contributed by atoms with E-state index in [1.165, 1.54) is 47.4 Å². The molecule has 2 N–H and O–H groups in total. The highest BCUT2D eigenvalue weighted by Gasteiger charge is 2.39. The van der Waals surface area contributed by atoms with E-state index >= 15 is 0 Å². The van der Waals surface area contributed by atoms with Crippen molar-refractivity contribution in [1.29, 1.82) is 0 Å². The molecule has 3 aromatic carbocycles. The summed E-state index contributed by atoms with van der Waals surface area (Å²) in [5.74, 6) is -2.58. The molecule has 2 amide bonds. The molecule has 1 atom stereocenters. The first-order valence-electron chi connectivity index (χ1n) is 14.4. The third kappa shape index (κ3) is 5.78. The van der Waals surface area contributed by atoms with Crippen molar-refractivity contribution in [2.75, 3.05) is 37.0 Å². The molecule has 0 aliphatic carbocycles. The van der Waals surface area contributed by atoms with Gasteiger partial charge in [-0.05, 0) is 72.9 Å². The molecule has 2 aliphatic rings. The molecule has 226 valence electrons. The number of piperidine rings is 1. The van der Waals surface area contributed by atoms with Crippen LogP contribution in [0.1, 0.15) is 50.9 Å². The summed E-state index contributed by atoms with van der Waals surface area (Å²) in [6.45, 7) is 1.86. The fraction of sp³-hybridized carbons (Fsp3) is 0.273. The van der Waals surface area contributed by atoms with E-state index in [-0.39, 0.29) is 24.0 Å². The Labute approximate surface area is 253 Å². The van der Waals surface area contributed by atoms with E-state index in [4.69, 9.17) is 9.26 Å². The molecule has 6 rings (SSSR count). The van der Waals surface area contributed by atoms with E-state index in [1.54, 1.807) is 19.2 Å². The van der Waals surface area contributed by atoms with Crippen molar-refractivity contribution in [3.05, 3.63) is 101 Å². The zero-order chi connectivity index (χ0) is 30.8. The number of carbonyl (C=O) groups excluding carboxylic acids is 2. The third-order valence-electron chi connectivity index (χ3n) is 8.26. The monoisotopic (exact) mass is 598 g/mol. The number of nitrogens with one attached hydrogen (secondary N) is 1. The van der Waals surface area contributed by atoms with Crippen molar-refractivity contribution in [3.63, 3.8) is 0 Å². The van der Waals surface area contributed by atoms with Gasteiger partial charge in [0.05, 0.1) is 11.7 Å². The number of anilines is 2. The van der Waals surface area contributed by atoms with Crippen LogP contribution in [0.5, 0.6) is 0 Å². The smallest absolute Gasteiger partial charge is 0.335 e. The number of hydrogen-bond donors (Lipinski definition) is 2. The summed E-state index contributed by atoms with van der Waals surface area (Å²) in [5, 5.41) is 16.1. The van der Waals surface area contributed by atoms with Crippen molar-refractivity contribution in [2.24, 2.45) is 0 Å². The molecule has 1 unspecified atom stereocenters. The Bertz CT molecular complexity index is 1700. The van der Waals surface area contributed by atoms with Gasteiger partial charge in [-0.15, -0.1) is 0 Å². The first-order valence-corrected chi connectivity index (χ1v) is 14.4. The Balaban J connectivity index is 1.34. The zero-order valence-corrected chi connectivity index (χ0v) is 24.0. The number of hydrogen-bond acceptors (Lipinski definition) is 7. The molecule has 1 saturated heterocycles. The molecule has 1 fully saturated rings. The van der Waals surface area contributed by atoms with Crippen molar-refractivity contribution in [1.82, 2.24) is 10.1 Å². The minimum atomic E-state index is -1.08. The van der Waals surface area contributed by atoms with Gasteiger partial charge in [-0.3, -0.25) is 9.59 Å². The summed E-state index contributed by atoms with van der Waals surface area (Å²) >= 11 is 0. The van der Waals surface area contributed by atoms with Crippen LogP contribution in [0.25, 0.3) is 11.3 Å². The maximum absolute atomic E-state index is 14.0. The van der Waals surface area contributed by atoms with Crippen LogP contribution in [0, 0.1) is 5.82 Å². The molecule has 2 aliphatic heterocycles. The molecule has 0 spiro atoms. The summed E-state index contributed by atoms with van der Waals surface area (Å²) in [6, 6.07) is 17.9. The topological polar surface area (TPSA) is 125 Å². The van der Waals surface area contributed by atoms with Crippen LogP contribution in [0.3, 0.4) is 0 Å². The van der Waals surface area contributed by atoms with Crippen LogP contribution in [-0.4, -0.2) is 65.8 Å². The number of halogens is 1. The minimum Gasteiger partial charge on any atom is -0.478 e. The van der Waals surface area contributed by atoms with E-state index in [1.807, 2.05) is 18.2 Å². The second-order valence-electron chi connectivity index (χ2n) is 10.9. The lowest BCUT2D eigenvalue weighted by Gasteiger charge is -2.39. The Morgan fingerprint density at radius 3 is 2.45 bits per heavy atom. The number of carboxylic acids is 1. The lowest BCUT2D eigenvalue weighted by Crippen LogP contribution is -2.46. The Hall–Kier alpha value is -5.03. The summed E-state index contributed by atoms with van der Waals surface area (Å²) < 4.78 is 24.8. The first-order chi connectivity index (χ1) is 21.3. The standard InChI is InChI=1S/C33H31FN4O6/c1-43-24-12-15-37(16-13-24)28-7-3-6-26-25(28)14-17-38(30(26)31(39)35-23-10-8-20(9-11-23)33(41)42)32(40)29-19-27(36-44-29)21-4-2-5-22(34)18-21/h2-11,18-19,24,30H,12-17H2,1H3,(H,35,39)(H,41,42). The van der Waals surface area contributed by atoms with E-state index < -0.39 is 29.6 Å². The molecule has 0 saturated carbocycles. The van der Waals surface area contributed by atoms with Gasteiger partial charge < -0.3 is 29.5 Å². The van der Waals surface area contributed by atoms with Crippen LogP contribution in [0.15, 0.2) is 77.3 Å². The van der Waals surface area contributed by atoms with Crippen LogP contribution in [0.4, 0.5) is 15.8 Å². The largest absolute Gasteiger partial charge is 0.478 e. The molecule has 4 aromatic rings. The number of carbonyl (C=O) groups is 3. The molecular formula is C33H31FN4O6. The molecule has 10 nitrogen and oxygen atoms in total. The predicted octanol–water partition coefficient (Wildman–Crippen LogP) is 5.17. The quantitative estimate of drug-likeness (QED) is 0.299. The number of benzene rings is 3. The van der Waals surface area contributed by atoms with Gasteiger partial charge in [0, 0.05) is 49.7 Å². The van der Waals surface area contributed by atoms with Crippen molar-refractivity contribution >= 4 is 29.2 Å². The Morgan fingerprint density at radius 1 is 1.00 bits per heavy atom. The number of aromatic carboxylic acids is 1. The van der Waals surface area contributed by atoms with E-state index in [0.29, 0.717) is 28.9 Å². The van der Waals surface area contributed by atoms with Crippen molar-refractivity contribution in [2.45, 2.75) is 31.4 Å². The van der Waals surface area contributed by atoms with Gasteiger partial charge in [-0.25, -0.2) is 9.18 Å². The average Bonchev–Trinajstić information content (AvgIpc) is 3.54. The van der Waals surface area contributed by atoms with Crippen LogP contribution in [-0.2, 0) is 16.0 Å². The molecule has 44 heavy (non-hydrogen) atoms. The highest BCUT2D eigenvalue weighted by atomic mass is 19.1. The number of aromatic nitrogens is 1. The molecule has 3 heterocycles. The molecule has 1 aromatic heterocycles. The number of rotatable bonds is 7. The highest BCUT2D eigenvalue weighted by molar-refractivity contribution is 6.02. The average molecular weight is 599 g/mol. The number of amides is 2. The SMILES string of the molecule is COC1CCN(c2cccc3c2CCN(C(=O)c2cc(-c4cccc(F)c4)no2)C3C(=O)Nc2ccc(C(=O)O)cc2)CC1. The summed E-state index contributed by atoms with van der Waals surface area (Å²) in [6.07, 6.45) is 2.51. The zero-order valence-electron chi connectivity index (χ0n) is 24.0. The van der Waals surface area contributed by atoms with E-state index in [0.717, 1.165) is 37.2 Å². The fourth-order valence-electron chi connectivity index (χ4n) is 5.99. The van der Waals surface area contributed by atoms with E-state index in [2.05, 4.69) is 15.4 Å². The van der Waals surface area contributed by atoms with Crippen LogP contribution < -0.4 is 10.2 Å². The molecule has 0 bridgehead atoms. The Morgan fingerprint density at radius 2 is 1.75 bits per heavy atom. The third-order valence-corrected chi connectivity index (χ3v) is 8.26. The maximum atomic E-state index is 14.0. The molecule has 11 heteroatoms. The van der Waals surface area contributed by atoms with Gasteiger partial charge in [0.2, 0.25) is 5.76 Å². The van der Waals surface area contributed by atoms with Gasteiger partial charge in [0.25, 0.3) is 11.8 Å². The van der Waals surface area contributed by atoms with Gasteiger partial charge in [-0.1, -0.05) is 29.4 Å². The predicted molar refractivity (Wildman–Crippen MR) is 160 cm³/mol. The Kier molecular flexibility index (Phi) is 8.12. The number of fused-ring (bicyclic) bond motifs is 1. The normalized spacial score (nSPS) is 16.8. The summed E-state index contributed by atoms with van der Waals surface area (Å²) in [5.41, 5.74) is 3.95. The molecular weight excluding hydrogens is 567 g/mol.